The zero-order chi connectivity index (χ0) is 14.2. The van der Waals surface area contributed by atoms with Crippen LogP contribution in [0.3, 0.4) is 0 Å². The van der Waals surface area contributed by atoms with Crippen LogP contribution in [0.15, 0.2) is 54.6 Å². The lowest BCUT2D eigenvalue weighted by atomic mass is 9.82. The molecular weight excluding hydrogens is 278 g/mol. The Morgan fingerprint density at radius 3 is 2.62 bits per heavy atom. The third kappa shape index (κ3) is 2.32. The average molecular weight is 294 g/mol. The third-order valence-electron chi connectivity index (χ3n) is 4.45. The molecule has 0 fully saturated rings. The van der Waals surface area contributed by atoms with E-state index in [-0.39, 0.29) is 0 Å². The van der Waals surface area contributed by atoms with Crippen molar-refractivity contribution in [2.24, 2.45) is 0 Å². The molecule has 2 aromatic carbocycles. The lowest BCUT2D eigenvalue weighted by Gasteiger charge is -2.24. The maximum atomic E-state index is 6.44. The first kappa shape index (κ1) is 12.8. The van der Waals surface area contributed by atoms with Gasteiger partial charge in [0.25, 0.3) is 0 Å². The highest BCUT2D eigenvalue weighted by Crippen LogP contribution is 2.34. The molecule has 3 aromatic rings. The van der Waals surface area contributed by atoms with Gasteiger partial charge in [-0.25, -0.2) is 0 Å². The molecule has 0 bridgehead atoms. The summed E-state index contributed by atoms with van der Waals surface area (Å²) < 4.78 is 0. The Bertz CT molecular complexity index is 810. The standard InChI is InChI=1S/C19H16ClN/c20-17-12-19(21-18-8-4-3-7-16(17)18)15-10-9-13-5-1-2-6-14(13)11-15/h1-8,12,15H,9-11H2/t15-/m1/s1. The Hall–Kier alpha value is -1.86. The maximum absolute atomic E-state index is 6.44. The van der Waals surface area contributed by atoms with Crippen molar-refractivity contribution in [3.8, 4) is 0 Å². The summed E-state index contributed by atoms with van der Waals surface area (Å²) in [5.74, 6) is 0.474. The van der Waals surface area contributed by atoms with Crippen molar-refractivity contribution in [3.63, 3.8) is 0 Å². The minimum absolute atomic E-state index is 0.474. The molecule has 0 saturated carbocycles. The summed E-state index contributed by atoms with van der Waals surface area (Å²) in [6.45, 7) is 0. The molecule has 0 saturated heterocycles. The van der Waals surface area contributed by atoms with Gasteiger partial charge in [-0.15, -0.1) is 0 Å². The van der Waals surface area contributed by atoms with Gasteiger partial charge >= 0.3 is 0 Å². The van der Waals surface area contributed by atoms with Crippen molar-refractivity contribution < 1.29 is 0 Å². The smallest absolute Gasteiger partial charge is 0.0720 e. The summed E-state index contributed by atoms with van der Waals surface area (Å²) in [5, 5.41) is 1.86. The van der Waals surface area contributed by atoms with Crippen molar-refractivity contribution in [1.29, 1.82) is 0 Å². The molecule has 0 N–H and O–H groups in total. The molecule has 1 atom stereocenters. The molecule has 4 rings (SSSR count). The molecule has 1 aliphatic rings. The minimum atomic E-state index is 0.474. The fraction of sp³-hybridized carbons (Fsp3) is 0.211. The topological polar surface area (TPSA) is 12.9 Å². The minimum Gasteiger partial charge on any atom is -0.252 e. The first-order valence-corrected chi connectivity index (χ1v) is 7.81. The second-order valence-electron chi connectivity index (χ2n) is 5.75. The van der Waals surface area contributed by atoms with Gasteiger partial charge in [-0.1, -0.05) is 54.1 Å². The van der Waals surface area contributed by atoms with Gasteiger partial charge in [-0.05, 0) is 42.5 Å². The number of pyridine rings is 1. The van der Waals surface area contributed by atoms with E-state index in [0.29, 0.717) is 5.92 Å². The molecule has 1 heterocycles. The van der Waals surface area contributed by atoms with Crippen LogP contribution < -0.4 is 0 Å². The third-order valence-corrected chi connectivity index (χ3v) is 4.76. The molecule has 2 heteroatoms. The molecule has 0 radical (unpaired) electrons. The monoisotopic (exact) mass is 293 g/mol. The van der Waals surface area contributed by atoms with E-state index in [1.54, 1.807) is 0 Å². The normalized spacial score (nSPS) is 17.7. The zero-order valence-electron chi connectivity index (χ0n) is 11.7. The molecule has 1 aliphatic carbocycles. The Morgan fingerprint density at radius 1 is 0.952 bits per heavy atom. The summed E-state index contributed by atoms with van der Waals surface area (Å²) in [5.41, 5.74) is 5.08. The highest BCUT2D eigenvalue weighted by molar-refractivity contribution is 6.35. The summed E-state index contributed by atoms with van der Waals surface area (Å²) in [6, 6.07) is 18.9. The van der Waals surface area contributed by atoms with Crippen LogP contribution in [0.25, 0.3) is 10.9 Å². The fourth-order valence-corrected chi connectivity index (χ4v) is 3.58. The van der Waals surface area contributed by atoms with E-state index < -0.39 is 0 Å². The van der Waals surface area contributed by atoms with E-state index in [4.69, 9.17) is 16.6 Å². The van der Waals surface area contributed by atoms with Gasteiger partial charge in [-0.2, -0.15) is 0 Å². The van der Waals surface area contributed by atoms with Crippen molar-refractivity contribution in [3.05, 3.63) is 76.4 Å². The lowest BCUT2D eigenvalue weighted by molar-refractivity contribution is 0.573. The first-order chi connectivity index (χ1) is 10.3. The van der Waals surface area contributed by atoms with Gasteiger partial charge in [0.05, 0.1) is 10.5 Å². The number of rotatable bonds is 1. The van der Waals surface area contributed by atoms with Gasteiger partial charge in [0, 0.05) is 17.0 Å². The van der Waals surface area contributed by atoms with E-state index in [9.17, 15) is 0 Å². The van der Waals surface area contributed by atoms with Crippen LogP contribution in [-0.4, -0.2) is 4.98 Å². The SMILES string of the molecule is Clc1cc([C@@H]2CCc3ccccc3C2)nc2ccccc12. The van der Waals surface area contributed by atoms with E-state index in [1.165, 1.54) is 11.1 Å². The lowest BCUT2D eigenvalue weighted by Crippen LogP contribution is -2.13. The number of benzene rings is 2. The van der Waals surface area contributed by atoms with Crippen LogP contribution in [0.2, 0.25) is 5.02 Å². The predicted octanol–water partition coefficient (Wildman–Crippen LogP) is 5.16. The van der Waals surface area contributed by atoms with E-state index in [1.807, 2.05) is 24.3 Å². The highest BCUT2D eigenvalue weighted by Gasteiger charge is 2.21. The number of hydrogen-bond acceptors (Lipinski definition) is 1. The van der Waals surface area contributed by atoms with Crippen LogP contribution in [-0.2, 0) is 12.8 Å². The Kier molecular flexibility index (Phi) is 3.16. The quantitative estimate of drug-likeness (QED) is 0.604. The van der Waals surface area contributed by atoms with Gasteiger partial charge < -0.3 is 0 Å². The first-order valence-electron chi connectivity index (χ1n) is 7.43. The van der Waals surface area contributed by atoms with Crippen LogP contribution >= 0.6 is 11.6 Å². The van der Waals surface area contributed by atoms with Gasteiger partial charge in [0.2, 0.25) is 0 Å². The van der Waals surface area contributed by atoms with Crippen molar-refractivity contribution >= 4 is 22.5 Å². The van der Waals surface area contributed by atoms with Crippen molar-refractivity contribution in [2.45, 2.75) is 25.2 Å². The molecule has 1 nitrogen and oxygen atoms in total. The van der Waals surface area contributed by atoms with Crippen LogP contribution in [0.4, 0.5) is 0 Å². The second kappa shape index (κ2) is 5.16. The molecule has 0 aliphatic heterocycles. The van der Waals surface area contributed by atoms with Gasteiger partial charge in [-0.3, -0.25) is 4.98 Å². The Labute approximate surface area is 129 Å². The maximum Gasteiger partial charge on any atom is 0.0720 e. The van der Waals surface area contributed by atoms with Crippen molar-refractivity contribution in [2.75, 3.05) is 0 Å². The van der Waals surface area contributed by atoms with E-state index in [2.05, 4.69) is 30.3 Å². The van der Waals surface area contributed by atoms with Gasteiger partial charge in [0.1, 0.15) is 0 Å². The number of halogens is 1. The molecule has 0 unspecified atom stereocenters. The second-order valence-corrected chi connectivity index (χ2v) is 6.16. The predicted molar refractivity (Wildman–Crippen MR) is 88.0 cm³/mol. The largest absolute Gasteiger partial charge is 0.252 e. The average Bonchev–Trinajstić information content (AvgIpc) is 2.54. The molecule has 104 valence electrons. The number of para-hydroxylation sites is 1. The number of aryl methyl sites for hydroxylation is 1. The Balaban J connectivity index is 1.75. The number of hydrogen-bond donors (Lipinski definition) is 0. The number of fused-ring (bicyclic) bond motifs is 2. The molecule has 1 aromatic heterocycles. The fourth-order valence-electron chi connectivity index (χ4n) is 3.31. The van der Waals surface area contributed by atoms with Crippen LogP contribution in [0, 0.1) is 0 Å². The summed E-state index contributed by atoms with van der Waals surface area (Å²) in [7, 11) is 0. The van der Waals surface area contributed by atoms with Gasteiger partial charge in [0.15, 0.2) is 0 Å². The molecule has 0 amide bonds. The Morgan fingerprint density at radius 2 is 1.71 bits per heavy atom. The molecule has 0 spiro atoms. The summed E-state index contributed by atoms with van der Waals surface area (Å²) in [6.07, 6.45) is 3.35. The number of aromatic nitrogens is 1. The van der Waals surface area contributed by atoms with E-state index in [0.717, 1.165) is 40.9 Å². The zero-order valence-corrected chi connectivity index (χ0v) is 12.5. The number of nitrogens with zero attached hydrogens (tertiary/aromatic N) is 1. The van der Waals surface area contributed by atoms with E-state index >= 15 is 0 Å². The summed E-state index contributed by atoms with van der Waals surface area (Å²) >= 11 is 6.44. The van der Waals surface area contributed by atoms with Crippen molar-refractivity contribution in [1.82, 2.24) is 4.98 Å². The highest BCUT2D eigenvalue weighted by atomic mass is 35.5. The summed E-state index contributed by atoms with van der Waals surface area (Å²) in [4.78, 5) is 4.85. The molecule has 21 heavy (non-hydrogen) atoms. The molecular formula is C19H16ClN. The van der Waals surface area contributed by atoms with Crippen LogP contribution in [0.5, 0.6) is 0 Å². The van der Waals surface area contributed by atoms with Crippen LogP contribution in [0.1, 0.15) is 29.2 Å².